The number of carboxylic acids is 1. The molecule has 19 heavy (non-hydrogen) atoms. The van der Waals surface area contributed by atoms with E-state index in [0.717, 1.165) is 22.3 Å². The SMILES string of the molecule is CCOc1ccc2c(OCC(=O)O)cc(C)nc2c1. The van der Waals surface area contributed by atoms with Gasteiger partial charge in [-0.1, -0.05) is 0 Å². The number of fused-ring (bicyclic) bond motifs is 1. The summed E-state index contributed by atoms with van der Waals surface area (Å²) < 4.78 is 10.7. The van der Waals surface area contributed by atoms with Crippen LogP contribution in [-0.2, 0) is 4.79 Å². The Bertz CT molecular complexity index is 610. The molecule has 0 saturated heterocycles. The maximum Gasteiger partial charge on any atom is 0.341 e. The predicted molar refractivity (Wildman–Crippen MR) is 70.8 cm³/mol. The molecule has 0 aliphatic carbocycles. The lowest BCUT2D eigenvalue weighted by Crippen LogP contribution is -2.10. The molecule has 0 atom stereocenters. The van der Waals surface area contributed by atoms with Gasteiger partial charge in [0.25, 0.3) is 0 Å². The lowest BCUT2D eigenvalue weighted by atomic mass is 10.1. The maximum atomic E-state index is 10.6. The first-order valence-electron chi connectivity index (χ1n) is 5.99. The third-order valence-corrected chi connectivity index (χ3v) is 2.53. The number of nitrogens with zero attached hydrogens (tertiary/aromatic N) is 1. The number of carbonyl (C=O) groups is 1. The highest BCUT2D eigenvalue weighted by Crippen LogP contribution is 2.28. The molecule has 1 aromatic carbocycles. The fourth-order valence-electron chi connectivity index (χ4n) is 1.82. The van der Waals surface area contributed by atoms with Crippen LogP contribution in [0.1, 0.15) is 12.6 Å². The second-order valence-corrected chi connectivity index (χ2v) is 4.06. The summed E-state index contributed by atoms with van der Waals surface area (Å²) in [5, 5.41) is 9.44. The molecular formula is C14H15NO4. The normalized spacial score (nSPS) is 10.4. The van der Waals surface area contributed by atoms with E-state index in [1.807, 2.05) is 32.0 Å². The second kappa shape index (κ2) is 5.56. The Hall–Kier alpha value is -2.30. The van der Waals surface area contributed by atoms with Gasteiger partial charge in [-0.2, -0.15) is 0 Å². The van der Waals surface area contributed by atoms with E-state index in [4.69, 9.17) is 14.6 Å². The fraction of sp³-hybridized carbons (Fsp3) is 0.286. The summed E-state index contributed by atoms with van der Waals surface area (Å²) in [5.74, 6) is 0.249. The van der Waals surface area contributed by atoms with Gasteiger partial charge in [0.15, 0.2) is 6.61 Å². The van der Waals surface area contributed by atoms with E-state index < -0.39 is 5.97 Å². The van der Waals surface area contributed by atoms with Crippen LogP contribution in [0.4, 0.5) is 0 Å². The van der Waals surface area contributed by atoms with Crippen molar-refractivity contribution in [1.82, 2.24) is 4.98 Å². The number of aryl methyl sites for hydroxylation is 1. The van der Waals surface area contributed by atoms with Gasteiger partial charge < -0.3 is 14.6 Å². The molecular weight excluding hydrogens is 246 g/mol. The van der Waals surface area contributed by atoms with Crippen LogP contribution in [-0.4, -0.2) is 29.3 Å². The quantitative estimate of drug-likeness (QED) is 0.895. The zero-order valence-corrected chi connectivity index (χ0v) is 10.8. The van der Waals surface area contributed by atoms with E-state index in [9.17, 15) is 4.79 Å². The van der Waals surface area contributed by atoms with Gasteiger partial charge in [0.2, 0.25) is 0 Å². The Morgan fingerprint density at radius 2 is 2.11 bits per heavy atom. The average molecular weight is 261 g/mol. The van der Waals surface area contributed by atoms with E-state index in [1.54, 1.807) is 6.07 Å². The number of rotatable bonds is 5. The number of benzene rings is 1. The molecule has 0 unspecified atom stereocenters. The Labute approximate surface area is 110 Å². The molecule has 0 radical (unpaired) electrons. The van der Waals surface area contributed by atoms with Crippen molar-refractivity contribution in [2.75, 3.05) is 13.2 Å². The number of hydrogen-bond donors (Lipinski definition) is 1. The van der Waals surface area contributed by atoms with Crippen molar-refractivity contribution >= 4 is 16.9 Å². The minimum atomic E-state index is -1.01. The number of aliphatic carboxylic acids is 1. The molecule has 1 N–H and O–H groups in total. The Kier molecular flexibility index (Phi) is 3.85. The second-order valence-electron chi connectivity index (χ2n) is 4.06. The van der Waals surface area contributed by atoms with Gasteiger partial charge in [0, 0.05) is 23.2 Å². The van der Waals surface area contributed by atoms with Gasteiger partial charge in [-0.3, -0.25) is 4.98 Å². The van der Waals surface area contributed by atoms with Gasteiger partial charge in [-0.25, -0.2) is 4.79 Å². The molecule has 2 rings (SSSR count). The monoisotopic (exact) mass is 261 g/mol. The Morgan fingerprint density at radius 3 is 2.79 bits per heavy atom. The highest BCUT2D eigenvalue weighted by Gasteiger charge is 2.08. The molecule has 0 spiro atoms. The standard InChI is InChI=1S/C14H15NO4/c1-3-18-10-4-5-11-12(7-10)15-9(2)6-13(11)19-8-14(16)17/h4-7H,3,8H2,1-2H3,(H,16,17). The first-order chi connectivity index (χ1) is 9.10. The van der Waals surface area contributed by atoms with Crippen molar-refractivity contribution in [3.8, 4) is 11.5 Å². The fourth-order valence-corrected chi connectivity index (χ4v) is 1.82. The molecule has 1 heterocycles. The summed E-state index contributed by atoms with van der Waals surface area (Å²) in [6.07, 6.45) is 0. The zero-order chi connectivity index (χ0) is 13.8. The van der Waals surface area contributed by atoms with Crippen LogP contribution in [0.5, 0.6) is 11.5 Å². The van der Waals surface area contributed by atoms with E-state index in [1.165, 1.54) is 0 Å². The Morgan fingerprint density at radius 1 is 1.32 bits per heavy atom. The van der Waals surface area contributed by atoms with Gasteiger partial charge in [-0.05, 0) is 26.0 Å². The summed E-state index contributed by atoms with van der Waals surface area (Å²) in [7, 11) is 0. The molecule has 0 aliphatic heterocycles. The number of aromatic nitrogens is 1. The molecule has 2 aromatic rings. The van der Waals surface area contributed by atoms with Crippen molar-refractivity contribution in [3.63, 3.8) is 0 Å². The molecule has 0 fully saturated rings. The predicted octanol–water partition coefficient (Wildman–Crippen LogP) is 2.41. The van der Waals surface area contributed by atoms with Crippen LogP contribution >= 0.6 is 0 Å². The Balaban J connectivity index is 2.43. The molecule has 100 valence electrons. The molecule has 0 amide bonds. The maximum absolute atomic E-state index is 10.6. The van der Waals surface area contributed by atoms with Crippen molar-refractivity contribution in [1.29, 1.82) is 0 Å². The van der Waals surface area contributed by atoms with E-state index in [2.05, 4.69) is 4.98 Å². The summed E-state index contributed by atoms with van der Waals surface area (Å²) in [4.78, 5) is 15.0. The van der Waals surface area contributed by atoms with Crippen molar-refractivity contribution in [2.45, 2.75) is 13.8 Å². The van der Waals surface area contributed by atoms with Gasteiger partial charge in [-0.15, -0.1) is 0 Å². The molecule has 5 nitrogen and oxygen atoms in total. The van der Waals surface area contributed by atoms with E-state index in [-0.39, 0.29) is 6.61 Å². The minimum absolute atomic E-state index is 0.369. The third kappa shape index (κ3) is 3.13. The summed E-state index contributed by atoms with van der Waals surface area (Å²) in [5.41, 5.74) is 1.49. The van der Waals surface area contributed by atoms with Crippen molar-refractivity contribution in [2.24, 2.45) is 0 Å². The first-order valence-corrected chi connectivity index (χ1v) is 5.99. The van der Waals surface area contributed by atoms with Crippen LogP contribution in [0.15, 0.2) is 24.3 Å². The van der Waals surface area contributed by atoms with Crippen LogP contribution in [0, 0.1) is 6.92 Å². The number of hydrogen-bond acceptors (Lipinski definition) is 4. The molecule has 1 aromatic heterocycles. The van der Waals surface area contributed by atoms with Crippen LogP contribution in [0.2, 0.25) is 0 Å². The van der Waals surface area contributed by atoms with Crippen molar-refractivity contribution < 1.29 is 19.4 Å². The van der Waals surface area contributed by atoms with Crippen LogP contribution in [0.3, 0.4) is 0 Å². The van der Waals surface area contributed by atoms with Crippen LogP contribution < -0.4 is 9.47 Å². The van der Waals surface area contributed by atoms with Crippen molar-refractivity contribution in [3.05, 3.63) is 30.0 Å². The van der Waals surface area contributed by atoms with Crippen LogP contribution in [0.25, 0.3) is 10.9 Å². The molecule has 0 bridgehead atoms. The highest BCUT2D eigenvalue weighted by molar-refractivity contribution is 5.86. The smallest absolute Gasteiger partial charge is 0.341 e. The largest absolute Gasteiger partial charge is 0.494 e. The number of carboxylic acid groups (broad SMARTS) is 1. The molecule has 0 aliphatic rings. The van der Waals surface area contributed by atoms with E-state index >= 15 is 0 Å². The minimum Gasteiger partial charge on any atom is -0.494 e. The first kappa shape index (κ1) is 13.1. The lowest BCUT2D eigenvalue weighted by molar-refractivity contribution is -0.139. The molecule has 0 saturated carbocycles. The topological polar surface area (TPSA) is 68.7 Å². The molecule has 5 heteroatoms. The summed E-state index contributed by atoms with van der Waals surface area (Å²) in [6.45, 7) is 3.96. The van der Waals surface area contributed by atoms with Gasteiger partial charge >= 0.3 is 5.97 Å². The van der Waals surface area contributed by atoms with Gasteiger partial charge in [0.05, 0.1) is 12.1 Å². The summed E-state index contributed by atoms with van der Waals surface area (Å²) >= 11 is 0. The average Bonchev–Trinajstić information content (AvgIpc) is 2.35. The number of ether oxygens (including phenoxy) is 2. The lowest BCUT2D eigenvalue weighted by Gasteiger charge is -2.10. The van der Waals surface area contributed by atoms with E-state index in [0.29, 0.717) is 12.4 Å². The highest BCUT2D eigenvalue weighted by atomic mass is 16.5. The third-order valence-electron chi connectivity index (χ3n) is 2.53. The number of pyridine rings is 1. The van der Waals surface area contributed by atoms with Gasteiger partial charge in [0.1, 0.15) is 11.5 Å². The zero-order valence-electron chi connectivity index (χ0n) is 10.8. The summed E-state index contributed by atoms with van der Waals surface area (Å²) in [6, 6.07) is 7.19.